The van der Waals surface area contributed by atoms with E-state index in [2.05, 4.69) is 13.8 Å². The summed E-state index contributed by atoms with van der Waals surface area (Å²) in [5, 5.41) is 9.19. The molecular formula is C27H31NO5S. The molecule has 1 N–H and O–H groups in total. The zero-order valence-corrected chi connectivity index (χ0v) is 21.0. The second-order valence-corrected chi connectivity index (χ2v) is 10.0. The smallest absolute Gasteiger partial charge is 0.328 e. The van der Waals surface area contributed by atoms with Crippen molar-refractivity contribution in [1.29, 1.82) is 0 Å². The van der Waals surface area contributed by atoms with Crippen LogP contribution in [0.5, 0.6) is 5.75 Å². The van der Waals surface area contributed by atoms with Crippen molar-refractivity contribution >= 4 is 28.7 Å². The van der Waals surface area contributed by atoms with Gasteiger partial charge in [-0.2, -0.15) is 0 Å². The van der Waals surface area contributed by atoms with E-state index in [1.807, 2.05) is 67.5 Å². The molecule has 34 heavy (non-hydrogen) atoms. The van der Waals surface area contributed by atoms with Gasteiger partial charge in [0, 0.05) is 12.6 Å². The van der Waals surface area contributed by atoms with Gasteiger partial charge in [0.05, 0.1) is 5.69 Å². The molecule has 3 aromatic rings. The van der Waals surface area contributed by atoms with E-state index in [1.54, 1.807) is 12.1 Å². The quantitative estimate of drug-likeness (QED) is 0.356. The van der Waals surface area contributed by atoms with Crippen LogP contribution in [0.1, 0.15) is 41.9 Å². The highest BCUT2D eigenvalue weighted by Gasteiger charge is 2.24. The minimum Gasteiger partial charge on any atom is -0.487 e. The number of hydrogen-bond acceptors (Lipinski definition) is 4. The van der Waals surface area contributed by atoms with Crippen LogP contribution >= 0.6 is 0 Å². The van der Waals surface area contributed by atoms with Gasteiger partial charge >= 0.3 is 5.97 Å². The van der Waals surface area contributed by atoms with Gasteiger partial charge in [0.25, 0.3) is 0 Å². The van der Waals surface area contributed by atoms with Crippen LogP contribution in [0.2, 0.25) is 0 Å². The molecule has 0 radical (unpaired) electrons. The summed E-state index contributed by atoms with van der Waals surface area (Å²) < 4.78 is 27.2. The first kappa shape index (κ1) is 25.3. The monoisotopic (exact) mass is 481 g/mol. The van der Waals surface area contributed by atoms with Crippen molar-refractivity contribution in [2.24, 2.45) is 5.92 Å². The summed E-state index contributed by atoms with van der Waals surface area (Å²) >= 11 is 0. The SMILES string of the molecule is Cc1ccc(S(=O)N(CC(C)C)c2cc(C)c(C)cc2OCc2ccc(/C=C/C(=O)O)cc2)o1. The third-order valence-corrected chi connectivity index (χ3v) is 6.57. The van der Waals surface area contributed by atoms with Gasteiger partial charge in [-0.3, -0.25) is 4.31 Å². The summed E-state index contributed by atoms with van der Waals surface area (Å²) in [5.74, 6) is 0.643. The third kappa shape index (κ3) is 6.60. The number of hydrogen-bond donors (Lipinski definition) is 1. The molecule has 1 atom stereocenters. The molecule has 180 valence electrons. The number of nitrogens with zero attached hydrogens (tertiary/aromatic N) is 1. The molecule has 0 bridgehead atoms. The standard InChI is InChI=1S/C27H31NO5S/c1-18(2)16-28(34(31)27-13-6-21(5)33-27)24-14-19(3)20(4)15-25(24)32-17-23-9-7-22(8-10-23)11-12-26(29)30/h6-15,18H,16-17H2,1-5H3,(H,29,30)/b12-11+. The van der Waals surface area contributed by atoms with Gasteiger partial charge in [-0.25, -0.2) is 9.00 Å². The summed E-state index contributed by atoms with van der Waals surface area (Å²) in [5.41, 5.74) is 4.65. The van der Waals surface area contributed by atoms with E-state index in [0.717, 1.165) is 34.0 Å². The first-order chi connectivity index (χ1) is 16.1. The van der Waals surface area contributed by atoms with Gasteiger partial charge in [0.1, 0.15) is 18.1 Å². The maximum Gasteiger partial charge on any atom is 0.328 e. The first-order valence-electron chi connectivity index (χ1n) is 11.1. The highest BCUT2D eigenvalue weighted by molar-refractivity contribution is 7.86. The van der Waals surface area contributed by atoms with Crippen molar-refractivity contribution in [2.45, 2.75) is 46.3 Å². The predicted octanol–water partition coefficient (Wildman–Crippen LogP) is 6.07. The Morgan fingerprint density at radius 2 is 1.76 bits per heavy atom. The second-order valence-electron chi connectivity index (χ2n) is 8.68. The lowest BCUT2D eigenvalue weighted by Gasteiger charge is -2.27. The second kappa shape index (κ2) is 11.2. The largest absolute Gasteiger partial charge is 0.487 e. The highest BCUT2D eigenvalue weighted by Crippen LogP contribution is 2.35. The van der Waals surface area contributed by atoms with Crippen LogP contribution in [0, 0.1) is 26.7 Å². The van der Waals surface area contributed by atoms with E-state index < -0.39 is 17.0 Å². The molecule has 2 aromatic carbocycles. The lowest BCUT2D eigenvalue weighted by atomic mass is 10.1. The number of aliphatic carboxylic acids is 1. The molecule has 0 amide bonds. The van der Waals surface area contributed by atoms with Crippen molar-refractivity contribution in [3.63, 3.8) is 0 Å². The first-order valence-corrected chi connectivity index (χ1v) is 12.2. The lowest BCUT2D eigenvalue weighted by Crippen LogP contribution is -2.30. The van der Waals surface area contributed by atoms with Crippen LogP contribution < -0.4 is 9.04 Å². The molecule has 0 saturated carbocycles. The van der Waals surface area contributed by atoms with Gasteiger partial charge in [0.15, 0.2) is 11.0 Å². The van der Waals surface area contributed by atoms with Crippen LogP contribution in [-0.4, -0.2) is 21.8 Å². The van der Waals surface area contributed by atoms with Gasteiger partial charge in [-0.15, -0.1) is 0 Å². The molecule has 6 nitrogen and oxygen atoms in total. The Balaban J connectivity index is 1.89. The number of ether oxygens (including phenoxy) is 1. The summed E-state index contributed by atoms with van der Waals surface area (Å²) in [7, 11) is -1.52. The highest BCUT2D eigenvalue weighted by atomic mass is 32.2. The number of carbonyl (C=O) groups is 1. The number of carboxylic acids is 1. The Hall–Kier alpha value is -3.32. The Bertz CT molecular complexity index is 1190. The van der Waals surface area contributed by atoms with E-state index in [1.165, 1.54) is 0 Å². The van der Waals surface area contributed by atoms with Crippen LogP contribution in [0.15, 0.2) is 64.1 Å². The molecule has 0 aliphatic heterocycles. The summed E-state index contributed by atoms with van der Waals surface area (Å²) in [6.07, 6.45) is 2.65. The molecule has 1 aromatic heterocycles. The zero-order chi connectivity index (χ0) is 24.8. The molecule has 0 fully saturated rings. The number of furan rings is 1. The molecule has 0 saturated heterocycles. The number of aryl methyl sites for hydroxylation is 3. The van der Waals surface area contributed by atoms with Crippen molar-refractivity contribution in [3.8, 4) is 5.75 Å². The molecule has 0 aliphatic carbocycles. The Kier molecular flexibility index (Phi) is 8.34. The number of anilines is 1. The average Bonchev–Trinajstić information content (AvgIpc) is 3.23. The minimum atomic E-state index is -1.52. The maximum absolute atomic E-state index is 13.5. The fraction of sp³-hybridized carbons (Fsp3) is 0.296. The molecule has 0 spiro atoms. The van der Waals surface area contributed by atoms with Crippen LogP contribution in [-0.2, 0) is 22.4 Å². The van der Waals surface area contributed by atoms with Crippen LogP contribution in [0.3, 0.4) is 0 Å². The molecule has 1 heterocycles. The topological polar surface area (TPSA) is 80.0 Å². The normalized spacial score (nSPS) is 12.3. The molecule has 3 rings (SSSR count). The average molecular weight is 482 g/mol. The summed E-state index contributed by atoms with van der Waals surface area (Å²) in [6.45, 7) is 10.9. The fourth-order valence-corrected chi connectivity index (χ4v) is 4.70. The number of carboxylic acid groups (broad SMARTS) is 1. The fourth-order valence-electron chi connectivity index (χ4n) is 3.34. The van der Waals surface area contributed by atoms with Gasteiger partial charge in [0.2, 0.25) is 5.09 Å². The number of rotatable bonds is 10. The van der Waals surface area contributed by atoms with Crippen molar-refractivity contribution in [1.82, 2.24) is 0 Å². The number of benzene rings is 2. The van der Waals surface area contributed by atoms with Gasteiger partial charge in [-0.1, -0.05) is 38.1 Å². The Labute approximate surface area is 203 Å². The van der Waals surface area contributed by atoms with Gasteiger partial charge < -0.3 is 14.3 Å². The molecule has 1 unspecified atom stereocenters. The summed E-state index contributed by atoms with van der Waals surface area (Å²) in [4.78, 5) is 10.7. The van der Waals surface area contributed by atoms with Crippen molar-refractivity contribution in [3.05, 3.63) is 82.6 Å². The molecule has 0 aliphatic rings. The molecule has 7 heteroatoms. The summed E-state index contributed by atoms with van der Waals surface area (Å²) in [6, 6.07) is 15.1. The van der Waals surface area contributed by atoms with Crippen molar-refractivity contribution < 1.29 is 23.3 Å². The zero-order valence-electron chi connectivity index (χ0n) is 20.2. The van der Waals surface area contributed by atoms with E-state index in [4.69, 9.17) is 14.3 Å². The van der Waals surface area contributed by atoms with E-state index in [9.17, 15) is 9.00 Å². The van der Waals surface area contributed by atoms with E-state index in [-0.39, 0.29) is 5.92 Å². The lowest BCUT2D eigenvalue weighted by molar-refractivity contribution is -0.131. The third-order valence-electron chi connectivity index (χ3n) is 5.26. The van der Waals surface area contributed by atoms with E-state index in [0.29, 0.717) is 29.8 Å². The predicted molar refractivity (Wildman–Crippen MR) is 135 cm³/mol. The van der Waals surface area contributed by atoms with Gasteiger partial charge in [-0.05, 0) is 79.3 Å². The van der Waals surface area contributed by atoms with E-state index >= 15 is 0 Å². The maximum atomic E-state index is 13.5. The van der Waals surface area contributed by atoms with Crippen LogP contribution in [0.4, 0.5) is 5.69 Å². The van der Waals surface area contributed by atoms with Crippen LogP contribution in [0.25, 0.3) is 6.08 Å². The Morgan fingerprint density at radius 3 is 2.35 bits per heavy atom. The minimum absolute atomic E-state index is 0.265. The Morgan fingerprint density at radius 1 is 1.09 bits per heavy atom. The molecular weight excluding hydrogens is 450 g/mol. The van der Waals surface area contributed by atoms with Crippen molar-refractivity contribution in [2.75, 3.05) is 10.8 Å².